The number of aromatic nitrogens is 2. The molecule has 0 aliphatic carbocycles. The number of hydrogen-bond donors (Lipinski definition) is 2. The van der Waals surface area contributed by atoms with E-state index in [9.17, 15) is 4.79 Å². The largest absolute Gasteiger partial charge is 0.493 e. The third-order valence-electron chi connectivity index (χ3n) is 5.56. The number of carbonyl (C=O) groups is 1. The van der Waals surface area contributed by atoms with Crippen molar-refractivity contribution in [3.63, 3.8) is 0 Å². The van der Waals surface area contributed by atoms with Crippen molar-refractivity contribution in [3.8, 4) is 28.4 Å². The van der Waals surface area contributed by atoms with Gasteiger partial charge in [-0.05, 0) is 60.4 Å². The van der Waals surface area contributed by atoms with E-state index in [0.717, 1.165) is 22.0 Å². The number of ether oxygens (including phenoxy) is 3. The van der Waals surface area contributed by atoms with Crippen LogP contribution in [0.25, 0.3) is 22.0 Å². The molecule has 0 bridgehead atoms. The molecule has 3 aromatic carbocycles. The van der Waals surface area contributed by atoms with Crippen LogP contribution in [0, 0.1) is 13.8 Å². The fourth-order valence-electron chi connectivity index (χ4n) is 3.61. The highest BCUT2D eigenvalue weighted by Crippen LogP contribution is 2.38. The van der Waals surface area contributed by atoms with Gasteiger partial charge in [0.25, 0.3) is 5.91 Å². The van der Waals surface area contributed by atoms with E-state index in [-0.39, 0.29) is 5.91 Å². The zero-order chi connectivity index (χ0) is 22.8. The zero-order valence-corrected chi connectivity index (χ0v) is 18.7. The van der Waals surface area contributed by atoms with Gasteiger partial charge in [0.1, 0.15) is 0 Å². The summed E-state index contributed by atoms with van der Waals surface area (Å²) in [5, 5.41) is 11.0. The Kier molecular flexibility index (Phi) is 5.73. The van der Waals surface area contributed by atoms with Crippen molar-refractivity contribution >= 4 is 22.6 Å². The van der Waals surface area contributed by atoms with Crippen LogP contribution in [-0.2, 0) is 0 Å². The normalized spacial score (nSPS) is 10.8. The molecule has 0 fully saturated rings. The van der Waals surface area contributed by atoms with E-state index >= 15 is 0 Å². The van der Waals surface area contributed by atoms with Crippen LogP contribution in [-0.4, -0.2) is 37.4 Å². The van der Waals surface area contributed by atoms with Gasteiger partial charge in [-0.3, -0.25) is 9.89 Å². The molecule has 2 N–H and O–H groups in total. The van der Waals surface area contributed by atoms with Crippen molar-refractivity contribution in [2.24, 2.45) is 0 Å². The molecule has 0 saturated heterocycles. The lowest BCUT2D eigenvalue weighted by Crippen LogP contribution is -2.13. The first kappa shape index (κ1) is 21.2. The fourth-order valence-corrected chi connectivity index (χ4v) is 3.61. The lowest BCUT2D eigenvalue weighted by molar-refractivity contribution is 0.102. The lowest BCUT2D eigenvalue weighted by Gasteiger charge is -2.13. The number of nitrogens with one attached hydrogen (secondary N) is 2. The van der Waals surface area contributed by atoms with Crippen molar-refractivity contribution in [2.45, 2.75) is 13.8 Å². The van der Waals surface area contributed by atoms with Crippen LogP contribution in [0.5, 0.6) is 17.2 Å². The quantitative estimate of drug-likeness (QED) is 0.442. The smallest absolute Gasteiger partial charge is 0.257 e. The first-order valence-corrected chi connectivity index (χ1v) is 10.1. The molecule has 7 heteroatoms. The number of carbonyl (C=O) groups excluding carboxylic acids is 1. The van der Waals surface area contributed by atoms with Crippen LogP contribution in [0.4, 0.5) is 5.82 Å². The maximum atomic E-state index is 12.9. The van der Waals surface area contributed by atoms with Crippen molar-refractivity contribution in [1.29, 1.82) is 0 Å². The topological polar surface area (TPSA) is 85.5 Å². The van der Waals surface area contributed by atoms with Crippen LogP contribution in [0.3, 0.4) is 0 Å². The van der Waals surface area contributed by atoms with Gasteiger partial charge in [-0.25, -0.2) is 0 Å². The number of H-pyrrole nitrogens is 1. The highest BCUT2D eigenvalue weighted by Gasteiger charge is 2.18. The van der Waals surface area contributed by atoms with Crippen LogP contribution in [0.2, 0.25) is 0 Å². The Morgan fingerprint density at radius 1 is 0.844 bits per heavy atom. The van der Waals surface area contributed by atoms with E-state index in [1.165, 1.54) is 32.5 Å². The molecule has 0 aliphatic rings. The molecule has 1 aromatic heterocycles. The predicted octanol–water partition coefficient (Wildman–Crippen LogP) is 5.12. The minimum absolute atomic E-state index is 0.337. The lowest BCUT2D eigenvalue weighted by atomic mass is 10.00. The van der Waals surface area contributed by atoms with Gasteiger partial charge < -0.3 is 19.5 Å². The molecule has 4 aromatic rings. The number of amides is 1. The highest BCUT2D eigenvalue weighted by molar-refractivity contribution is 6.08. The average Bonchev–Trinajstić information content (AvgIpc) is 3.21. The molecule has 0 spiro atoms. The molecular formula is C25H25N3O4. The first-order chi connectivity index (χ1) is 15.4. The van der Waals surface area contributed by atoms with Crippen molar-refractivity contribution < 1.29 is 19.0 Å². The predicted molar refractivity (Wildman–Crippen MR) is 125 cm³/mol. The van der Waals surface area contributed by atoms with Gasteiger partial charge in [-0.2, -0.15) is 5.10 Å². The highest BCUT2D eigenvalue weighted by atomic mass is 16.5. The molecular weight excluding hydrogens is 406 g/mol. The average molecular weight is 431 g/mol. The summed E-state index contributed by atoms with van der Waals surface area (Å²) < 4.78 is 16.0. The molecule has 164 valence electrons. The summed E-state index contributed by atoms with van der Waals surface area (Å²) in [7, 11) is 4.53. The molecule has 0 saturated carbocycles. The standard InChI is InChI=1S/C25H25N3O4/c1-14-6-7-16(10-15(14)2)17-8-9-19-20(11-17)27-28-24(19)26-25(29)18-12-21(30-3)23(32-5)22(13-18)31-4/h6-13H,1-5H3,(H2,26,27,28,29). The SMILES string of the molecule is COc1cc(C(=O)Nc2n[nH]c3cc(-c4ccc(C)c(C)c4)ccc23)cc(OC)c1OC. The molecule has 0 atom stereocenters. The number of methoxy groups -OCH3 is 3. The Labute approximate surface area is 186 Å². The number of hydrogen-bond acceptors (Lipinski definition) is 5. The monoisotopic (exact) mass is 431 g/mol. The molecule has 4 rings (SSSR count). The number of anilines is 1. The number of benzene rings is 3. The molecule has 32 heavy (non-hydrogen) atoms. The molecule has 0 radical (unpaired) electrons. The number of fused-ring (bicyclic) bond motifs is 1. The van der Waals surface area contributed by atoms with E-state index in [4.69, 9.17) is 14.2 Å². The summed E-state index contributed by atoms with van der Waals surface area (Å²) in [6.45, 7) is 4.20. The van der Waals surface area contributed by atoms with Crippen molar-refractivity contribution in [3.05, 3.63) is 65.2 Å². The second kappa shape index (κ2) is 8.63. The van der Waals surface area contributed by atoms with Gasteiger partial charge in [-0.15, -0.1) is 0 Å². The van der Waals surface area contributed by atoms with Gasteiger partial charge in [0.2, 0.25) is 5.75 Å². The second-order valence-corrected chi connectivity index (χ2v) is 7.50. The van der Waals surface area contributed by atoms with Gasteiger partial charge in [0.15, 0.2) is 17.3 Å². The Hall–Kier alpha value is -4.00. The summed E-state index contributed by atoms with van der Waals surface area (Å²) in [5.41, 5.74) is 5.90. The maximum absolute atomic E-state index is 12.9. The van der Waals surface area contributed by atoms with Crippen LogP contribution < -0.4 is 19.5 Å². The van der Waals surface area contributed by atoms with E-state index < -0.39 is 0 Å². The van der Waals surface area contributed by atoms with Crippen LogP contribution in [0.1, 0.15) is 21.5 Å². The summed E-state index contributed by atoms with van der Waals surface area (Å²) in [4.78, 5) is 12.9. The Balaban J connectivity index is 1.64. The van der Waals surface area contributed by atoms with E-state index in [2.05, 4.69) is 47.6 Å². The second-order valence-electron chi connectivity index (χ2n) is 7.50. The van der Waals surface area contributed by atoms with E-state index in [0.29, 0.717) is 28.6 Å². The number of aromatic amines is 1. The summed E-state index contributed by atoms with van der Waals surface area (Å²) in [6, 6.07) is 15.6. The molecule has 0 unspecified atom stereocenters. The van der Waals surface area contributed by atoms with Crippen LogP contribution in [0.15, 0.2) is 48.5 Å². The molecule has 0 aliphatic heterocycles. The summed E-state index contributed by atoms with van der Waals surface area (Å²) >= 11 is 0. The van der Waals surface area contributed by atoms with E-state index in [1.54, 1.807) is 12.1 Å². The van der Waals surface area contributed by atoms with E-state index in [1.807, 2.05) is 18.2 Å². The van der Waals surface area contributed by atoms with Crippen molar-refractivity contribution in [1.82, 2.24) is 10.2 Å². The Morgan fingerprint density at radius 3 is 2.12 bits per heavy atom. The third kappa shape index (κ3) is 3.85. The Morgan fingerprint density at radius 2 is 1.50 bits per heavy atom. The fraction of sp³-hybridized carbons (Fsp3) is 0.200. The van der Waals surface area contributed by atoms with Gasteiger partial charge in [-0.1, -0.05) is 24.3 Å². The van der Waals surface area contributed by atoms with Crippen molar-refractivity contribution in [2.75, 3.05) is 26.6 Å². The summed E-state index contributed by atoms with van der Waals surface area (Å²) in [5.74, 6) is 1.35. The molecule has 1 amide bonds. The number of aryl methyl sites for hydroxylation is 2. The zero-order valence-electron chi connectivity index (χ0n) is 18.7. The minimum atomic E-state index is -0.337. The molecule has 7 nitrogen and oxygen atoms in total. The first-order valence-electron chi connectivity index (χ1n) is 10.1. The number of rotatable bonds is 6. The Bertz CT molecular complexity index is 1290. The summed E-state index contributed by atoms with van der Waals surface area (Å²) in [6.07, 6.45) is 0. The van der Waals surface area contributed by atoms with Gasteiger partial charge in [0.05, 0.1) is 26.8 Å². The van der Waals surface area contributed by atoms with Crippen LogP contribution >= 0.6 is 0 Å². The van der Waals surface area contributed by atoms with Gasteiger partial charge in [0, 0.05) is 10.9 Å². The minimum Gasteiger partial charge on any atom is -0.493 e. The number of nitrogens with zero attached hydrogens (tertiary/aromatic N) is 1. The maximum Gasteiger partial charge on any atom is 0.257 e. The third-order valence-corrected chi connectivity index (χ3v) is 5.56. The molecule has 1 heterocycles. The van der Waals surface area contributed by atoms with Gasteiger partial charge >= 0.3 is 0 Å².